The minimum absolute atomic E-state index is 0.909. The maximum atomic E-state index is 5.88. The van der Waals surface area contributed by atoms with Crippen molar-refractivity contribution in [2.75, 3.05) is 4.43 Å². The molecular formula is C17H19IO. The Labute approximate surface area is 129 Å². The van der Waals surface area contributed by atoms with E-state index in [1.165, 1.54) is 22.0 Å². The average molecular weight is 366 g/mol. The normalized spacial score (nSPS) is 10.4. The summed E-state index contributed by atoms with van der Waals surface area (Å²) in [6, 6.07) is 16.7. The lowest BCUT2D eigenvalue weighted by Gasteiger charge is -2.08. The van der Waals surface area contributed by atoms with Crippen LogP contribution in [0, 0.1) is 0 Å². The van der Waals surface area contributed by atoms with Gasteiger partial charge in [-0.05, 0) is 59.1 Å². The van der Waals surface area contributed by atoms with Gasteiger partial charge >= 0.3 is 0 Å². The molecule has 0 aliphatic carbocycles. The van der Waals surface area contributed by atoms with E-state index in [0.29, 0.717) is 0 Å². The van der Waals surface area contributed by atoms with Crippen LogP contribution in [0.3, 0.4) is 0 Å². The zero-order valence-corrected chi connectivity index (χ0v) is 13.4. The fraction of sp³-hybridized carbons (Fsp3) is 0.294. The molecule has 0 fully saturated rings. The molecule has 0 aliphatic rings. The number of halogens is 1. The Morgan fingerprint density at radius 3 is 2.42 bits per heavy atom. The minimum Gasteiger partial charge on any atom is -0.457 e. The predicted molar refractivity (Wildman–Crippen MR) is 89.5 cm³/mol. The first kappa shape index (κ1) is 14.4. The summed E-state index contributed by atoms with van der Waals surface area (Å²) in [7, 11) is 0. The van der Waals surface area contributed by atoms with E-state index in [-0.39, 0.29) is 0 Å². The van der Waals surface area contributed by atoms with Gasteiger partial charge in [-0.3, -0.25) is 0 Å². The standard InChI is InChI=1S/C17H19IO/c1-2-14-5-3-7-17(13-14)19-16-10-8-15(9-11-16)6-4-12-18/h3,5,7-11,13H,2,4,6,12H2,1H3. The second-order valence-corrected chi connectivity index (χ2v) is 5.62. The molecule has 0 spiro atoms. The summed E-state index contributed by atoms with van der Waals surface area (Å²) in [5, 5.41) is 0. The largest absolute Gasteiger partial charge is 0.457 e. The van der Waals surface area contributed by atoms with Gasteiger partial charge in [0.05, 0.1) is 0 Å². The zero-order valence-electron chi connectivity index (χ0n) is 11.2. The van der Waals surface area contributed by atoms with Gasteiger partial charge in [0.25, 0.3) is 0 Å². The Kier molecular flexibility index (Phi) is 5.70. The molecule has 0 unspecified atom stereocenters. The number of aryl methyl sites for hydroxylation is 2. The summed E-state index contributed by atoms with van der Waals surface area (Å²) in [6.45, 7) is 2.15. The van der Waals surface area contributed by atoms with E-state index in [1.807, 2.05) is 12.1 Å². The highest BCUT2D eigenvalue weighted by Crippen LogP contribution is 2.23. The molecule has 0 radical (unpaired) electrons. The second-order valence-electron chi connectivity index (χ2n) is 4.54. The van der Waals surface area contributed by atoms with Crippen LogP contribution in [0.5, 0.6) is 11.5 Å². The first-order valence-corrected chi connectivity index (χ1v) is 8.26. The van der Waals surface area contributed by atoms with Crippen molar-refractivity contribution < 1.29 is 4.74 Å². The third-order valence-corrected chi connectivity index (χ3v) is 3.83. The van der Waals surface area contributed by atoms with Gasteiger partial charge in [0.2, 0.25) is 0 Å². The summed E-state index contributed by atoms with van der Waals surface area (Å²) < 4.78 is 7.09. The molecule has 19 heavy (non-hydrogen) atoms. The third kappa shape index (κ3) is 4.53. The van der Waals surface area contributed by atoms with Crippen LogP contribution in [-0.4, -0.2) is 4.43 Å². The van der Waals surface area contributed by atoms with Crippen LogP contribution in [0.15, 0.2) is 48.5 Å². The molecule has 2 aromatic carbocycles. The Balaban J connectivity index is 2.02. The van der Waals surface area contributed by atoms with Gasteiger partial charge in [-0.1, -0.05) is 53.8 Å². The van der Waals surface area contributed by atoms with Crippen molar-refractivity contribution in [3.05, 3.63) is 59.7 Å². The van der Waals surface area contributed by atoms with E-state index >= 15 is 0 Å². The Morgan fingerprint density at radius 2 is 1.74 bits per heavy atom. The van der Waals surface area contributed by atoms with Crippen LogP contribution in [-0.2, 0) is 12.8 Å². The van der Waals surface area contributed by atoms with Crippen LogP contribution in [0.2, 0.25) is 0 Å². The van der Waals surface area contributed by atoms with Crippen LogP contribution >= 0.6 is 22.6 Å². The number of alkyl halides is 1. The Bertz CT molecular complexity index is 505. The molecule has 0 aromatic heterocycles. The van der Waals surface area contributed by atoms with E-state index < -0.39 is 0 Å². The van der Waals surface area contributed by atoms with Crippen LogP contribution in [0.1, 0.15) is 24.5 Å². The highest BCUT2D eigenvalue weighted by Gasteiger charge is 1.99. The smallest absolute Gasteiger partial charge is 0.127 e. The fourth-order valence-corrected chi connectivity index (χ4v) is 2.34. The predicted octanol–water partition coefficient (Wildman–Crippen LogP) is 5.41. The van der Waals surface area contributed by atoms with E-state index in [4.69, 9.17) is 4.74 Å². The summed E-state index contributed by atoms with van der Waals surface area (Å²) in [4.78, 5) is 0. The van der Waals surface area contributed by atoms with Gasteiger partial charge in [-0.15, -0.1) is 0 Å². The van der Waals surface area contributed by atoms with Gasteiger partial charge in [-0.25, -0.2) is 0 Å². The van der Waals surface area contributed by atoms with Crippen LogP contribution in [0.25, 0.3) is 0 Å². The second kappa shape index (κ2) is 7.53. The monoisotopic (exact) mass is 366 g/mol. The molecular weight excluding hydrogens is 347 g/mol. The first-order chi connectivity index (χ1) is 9.31. The number of rotatable bonds is 6. The van der Waals surface area contributed by atoms with Crippen molar-refractivity contribution in [3.63, 3.8) is 0 Å². The van der Waals surface area contributed by atoms with Crippen molar-refractivity contribution in [1.29, 1.82) is 0 Å². The van der Waals surface area contributed by atoms with Crippen molar-refractivity contribution in [3.8, 4) is 11.5 Å². The SMILES string of the molecule is CCc1cccc(Oc2ccc(CCCI)cc2)c1. The Morgan fingerprint density at radius 1 is 0.947 bits per heavy atom. The quantitative estimate of drug-likeness (QED) is 0.491. The Hall–Kier alpha value is -1.03. The summed E-state index contributed by atoms with van der Waals surface area (Å²) in [6.07, 6.45) is 3.42. The van der Waals surface area contributed by atoms with Crippen LogP contribution < -0.4 is 4.74 Å². The molecule has 2 heteroatoms. The molecule has 1 nitrogen and oxygen atoms in total. The van der Waals surface area contributed by atoms with Crippen molar-refractivity contribution in [1.82, 2.24) is 0 Å². The molecule has 2 aromatic rings. The molecule has 0 aliphatic heterocycles. The summed E-state index contributed by atoms with van der Waals surface area (Å²) in [5.41, 5.74) is 2.68. The van der Waals surface area contributed by atoms with Crippen molar-refractivity contribution in [2.45, 2.75) is 26.2 Å². The lowest BCUT2D eigenvalue weighted by atomic mass is 10.1. The highest BCUT2D eigenvalue weighted by molar-refractivity contribution is 14.1. The molecule has 0 bridgehead atoms. The zero-order chi connectivity index (χ0) is 13.5. The van der Waals surface area contributed by atoms with Gasteiger partial charge in [0.15, 0.2) is 0 Å². The average Bonchev–Trinajstić information content (AvgIpc) is 2.47. The van der Waals surface area contributed by atoms with Crippen molar-refractivity contribution in [2.24, 2.45) is 0 Å². The van der Waals surface area contributed by atoms with Gasteiger partial charge < -0.3 is 4.74 Å². The molecule has 0 amide bonds. The number of ether oxygens (including phenoxy) is 1. The molecule has 0 saturated carbocycles. The van der Waals surface area contributed by atoms with Gasteiger partial charge in [-0.2, -0.15) is 0 Å². The van der Waals surface area contributed by atoms with E-state index in [0.717, 1.165) is 24.3 Å². The number of hydrogen-bond acceptors (Lipinski definition) is 1. The maximum absolute atomic E-state index is 5.88. The number of hydrogen-bond donors (Lipinski definition) is 0. The van der Waals surface area contributed by atoms with Gasteiger partial charge in [0.1, 0.15) is 11.5 Å². The topological polar surface area (TPSA) is 9.23 Å². The van der Waals surface area contributed by atoms with E-state index in [1.54, 1.807) is 0 Å². The molecule has 0 heterocycles. The van der Waals surface area contributed by atoms with E-state index in [2.05, 4.69) is 65.9 Å². The lowest BCUT2D eigenvalue weighted by molar-refractivity contribution is 0.482. The maximum Gasteiger partial charge on any atom is 0.127 e. The fourth-order valence-electron chi connectivity index (χ4n) is 1.96. The minimum atomic E-state index is 0.909. The van der Waals surface area contributed by atoms with Gasteiger partial charge in [0, 0.05) is 0 Å². The highest BCUT2D eigenvalue weighted by atomic mass is 127. The van der Waals surface area contributed by atoms with Crippen molar-refractivity contribution >= 4 is 22.6 Å². The summed E-state index contributed by atoms with van der Waals surface area (Å²) >= 11 is 2.42. The summed E-state index contributed by atoms with van der Waals surface area (Å²) in [5.74, 6) is 1.82. The third-order valence-electron chi connectivity index (χ3n) is 3.06. The molecule has 0 saturated heterocycles. The lowest BCUT2D eigenvalue weighted by Crippen LogP contribution is -1.88. The first-order valence-electron chi connectivity index (χ1n) is 6.73. The van der Waals surface area contributed by atoms with Crippen LogP contribution in [0.4, 0.5) is 0 Å². The molecule has 100 valence electrons. The molecule has 0 N–H and O–H groups in total. The number of benzene rings is 2. The molecule has 2 rings (SSSR count). The van der Waals surface area contributed by atoms with E-state index in [9.17, 15) is 0 Å². The molecule has 0 atom stereocenters.